The zero-order valence-electron chi connectivity index (χ0n) is 16.1. The largest absolute Gasteiger partial charge is 0.461 e. The molecule has 0 aliphatic heterocycles. The number of ether oxygens (including phenoxy) is 2. The van der Waals surface area contributed by atoms with Crippen LogP contribution in [0.15, 0.2) is 10.5 Å². The van der Waals surface area contributed by atoms with E-state index in [1.807, 2.05) is 0 Å². The van der Waals surface area contributed by atoms with E-state index in [0.717, 1.165) is 11.3 Å². The highest BCUT2D eigenvalue weighted by molar-refractivity contribution is 7.14. The molecule has 11 heteroatoms. The maximum Gasteiger partial charge on any atom is 0.408 e. The molecule has 0 spiro atoms. The number of alkyl carbamates (subject to hydrolysis) is 1. The lowest BCUT2D eigenvalue weighted by Crippen LogP contribution is -2.43. The summed E-state index contributed by atoms with van der Waals surface area (Å²) in [5.74, 6) is -1.19. The van der Waals surface area contributed by atoms with Gasteiger partial charge in [-0.05, 0) is 34.6 Å². The third-order valence-corrected chi connectivity index (χ3v) is 3.51. The van der Waals surface area contributed by atoms with Crippen LogP contribution in [0.2, 0.25) is 0 Å². The predicted octanol–water partition coefficient (Wildman–Crippen LogP) is 1.91. The van der Waals surface area contributed by atoms with E-state index >= 15 is 0 Å². The first-order valence-electron chi connectivity index (χ1n) is 8.12. The lowest BCUT2D eigenvalue weighted by atomic mass is 10.2. The molecule has 27 heavy (non-hydrogen) atoms. The first kappa shape index (κ1) is 22.4. The molecule has 0 aromatic carbocycles. The van der Waals surface area contributed by atoms with Crippen molar-refractivity contribution in [1.29, 1.82) is 0 Å². The fourth-order valence-corrected chi connectivity index (χ4v) is 2.38. The predicted molar refractivity (Wildman–Crippen MR) is 99.8 cm³/mol. The number of nitrogens with zero attached hydrogens (tertiary/aromatic N) is 2. The summed E-state index contributed by atoms with van der Waals surface area (Å²) in [6, 6.07) is -0.857. The SMILES string of the molecule is CCOC(=O)/C(=N\OC)c1csc(NC(=O)[C@H](C)NC(=O)OC(C)(C)C)n1. The number of nitrogens with one attached hydrogen (secondary N) is 2. The molecule has 1 aromatic heterocycles. The number of thiazole rings is 1. The third-order valence-electron chi connectivity index (χ3n) is 2.75. The normalized spacial score (nSPS) is 12.7. The minimum Gasteiger partial charge on any atom is -0.461 e. The van der Waals surface area contributed by atoms with E-state index in [-0.39, 0.29) is 23.1 Å². The Kier molecular flexibility index (Phi) is 8.16. The molecule has 1 rings (SSSR count). The number of hydrogen-bond acceptors (Lipinski definition) is 9. The maximum atomic E-state index is 12.2. The van der Waals surface area contributed by atoms with Crippen molar-refractivity contribution >= 4 is 40.1 Å². The maximum absolute atomic E-state index is 12.2. The quantitative estimate of drug-likeness (QED) is 0.406. The van der Waals surface area contributed by atoms with Gasteiger partial charge in [-0.2, -0.15) is 0 Å². The molecule has 1 aromatic rings. The van der Waals surface area contributed by atoms with Crippen molar-refractivity contribution in [3.8, 4) is 0 Å². The lowest BCUT2D eigenvalue weighted by Gasteiger charge is -2.21. The molecule has 150 valence electrons. The molecular formula is C16H24N4O6S. The number of esters is 1. The molecule has 0 unspecified atom stereocenters. The summed E-state index contributed by atoms with van der Waals surface area (Å²) in [6.45, 7) is 8.49. The van der Waals surface area contributed by atoms with Crippen LogP contribution < -0.4 is 10.6 Å². The van der Waals surface area contributed by atoms with E-state index < -0.39 is 29.6 Å². The molecule has 1 atom stereocenters. The number of carbonyl (C=O) groups is 3. The van der Waals surface area contributed by atoms with E-state index in [1.54, 1.807) is 27.7 Å². The molecule has 10 nitrogen and oxygen atoms in total. The highest BCUT2D eigenvalue weighted by Crippen LogP contribution is 2.17. The second kappa shape index (κ2) is 9.86. The van der Waals surface area contributed by atoms with Crippen LogP contribution >= 0.6 is 11.3 Å². The molecule has 0 saturated heterocycles. The van der Waals surface area contributed by atoms with E-state index in [9.17, 15) is 14.4 Å². The van der Waals surface area contributed by atoms with Gasteiger partial charge in [0.15, 0.2) is 5.13 Å². The number of amides is 2. The minimum atomic E-state index is -0.857. The van der Waals surface area contributed by atoms with E-state index in [2.05, 4.69) is 25.6 Å². The molecule has 0 fully saturated rings. The Hall–Kier alpha value is -2.69. The van der Waals surface area contributed by atoms with Crippen LogP contribution in [0.4, 0.5) is 9.93 Å². The van der Waals surface area contributed by atoms with Crippen LogP contribution in [0.3, 0.4) is 0 Å². The Morgan fingerprint density at radius 3 is 2.56 bits per heavy atom. The summed E-state index contributed by atoms with van der Waals surface area (Å²) in [5, 5.41) is 10.3. The lowest BCUT2D eigenvalue weighted by molar-refractivity contribution is -0.135. The van der Waals surface area contributed by atoms with E-state index in [1.165, 1.54) is 19.4 Å². The van der Waals surface area contributed by atoms with Crippen LogP contribution in [0.5, 0.6) is 0 Å². The third kappa shape index (κ3) is 7.60. The van der Waals surface area contributed by atoms with Gasteiger partial charge in [0.05, 0.1) is 6.61 Å². The van der Waals surface area contributed by atoms with Gasteiger partial charge >= 0.3 is 12.1 Å². The smallest absolute Gasteiger partial charge is 0.408 e. The fraction of sp³-hybridized carbons (Fsp3) is 0.562. The molecule has 2 amide bonds. The van der Waals surface area contributed by atoms with Crippen molar-refractivity contribution in [2.24, 2.45) is 5.16 Å². The highest BCUT2D eigenvalue weighted by atomic mass is 32.1. The molecule has 1 heterocycles. The molecule has 0 saturated carbocycles. The Morgan fingerprint density at radius 2 is 2.00 bits per heavy atom. The van der Waals surface area contributed by atoms with Crippen molar-refractivity contribution in [1.82, 2.24) is 10.3 Å². The second-order valence-electron chi connectivity index (χ2n) is 6.24. The van der Waals surface area contributed by atoms with Crippen LogP contribution in [0.25, 0.3) is 0 Å². The van der Waals surface area contributed by atoms with Gasteiger partial charge in [-0.25, -0.2) is 14.6 Å². The van der Waals surface area contributed by atoms with Gasteiger partial charge in [0.1, 0.15) is 24.4 Å². The second-order valence-corrected chi connectivity index (χ2v) is 7.10. The summed E-state index contributed by atoms with van der Waals surface area (Å²) in [5.41, 5.74) is -0.589. The molecule has 0 aliphatic rings. The van der Waals surface area contributed by atoms with Gasteiger partial charge in [0, 0.05) is 5.38 Å². The topological polar surface area (TPSA) is 128 Å². The number of hydrogen-bond donors (Lipinski definition) is 2. The Morgan fingerprint density at radius 1 is 1.33 bits per heavy atom. The van der Waals surface area contributed by atoms with Crippen LogP contribution in [-0.4, -0.2) is 54.0 Å². The number of oxime groups is 1. The molecular weight excluding hydrogens is 376 g/mol. The molecule has 2 N–H and O–H groups in total. The monoisotopic (exact) mass is 400 g/mol. The van der Waals surface area contributed by atoms with Gasteiger partial charge in [0.2, 0.25) is 11.6 Å². The fourth-order valence-electron chi connectivity index (χ4n) is 1.68. The van der Waals surface area contributed by atoms with Crippen LogP contribution in [0, 0.1) is 0 Å². The average Bonchev–Trinajstić information content (AvgIpc) is 2.98. The van der Waals surface area contributed by atoms with Gasteiger partial charge < -0.3 is 24.9 Å². The first-order chi connectivity index (χ1) is 12.6. The number of anilines is 1. The minimum absolute atomic E-state index is 0.115. The molecule has 0 bridgehead atoms. The van der Waals surface area contributed by atoms with Crippen LogP contribution in [0.1, 0.15) is 40.3 Å². The Labute approximate surface area is 161 Å². The number of carbonyl (C=O) groups excluding carboxylic acids is 3. The summed E-state index contributed by atoms with van der Waals surface area (Å²) in [4.78, 5) is 44.6. The highest BCUT2D eigenvalue weighted by Gasteiger charge is 2.23. The Balaban J connectivity index is 2.75. The summed E-state index contributed by atoms with van der Waals surface area (Å²) in [7, 11) is 1.29. The van der Waals surface area contributed by atoms with Crippen LogP contribution in [-0.2, 0) is 23.9 Å². The van der Waals surface area contributed by atoms with Crippen molar-refractivity contribution in [3.63, 3.8) is 0 Å². The van der Waals surface area contributed by atoms with Crippen molar-refractivity contribution < 1.29 is 28.7 Å². The number of aromatic nitrogens is 1. The zero-order chi connectivity index (χ0) is 20.6. The standard InChI is InChI=1S/C16H24N4O6S/c1-7-25-13(22)11(20-24-6)10-8-27-14(18-10)19-12(21)9(2)17-15(23)26-16(3,4)5/h8-9H,7H2,1-6H3,(H,17,23)(H,18,19,21)/b20-11-/t9-/m0/s1. The molecule has 0 aliphatic carbocycles. The average molecular weight is 400 g/mol. The number of rotatable bonds is 7. The summed E-state index contributed by atoms with van der Waals surface area (Å²) >= 11 is 1.08. The van der Waals surface area contributed by atoms with Crippen molar-refractivity contribution in [2.75, 3.05) is 19.0 Å². The van der Waals surface area contributed by atoms with Gasteiger partial charge in [0.25, 0.3) is 0 Å². The van der Waals surface area contributed by atoms with Gasteiger partial charge in [-0.1, -0.05) is 5.16 Å². The Bertz CT molecular complexity index is 710. The summed E-state index contributed by atoms with van der Waals surface area (Å²) in [6.07, 6.45) is -0.707. The van der Waals surface area contributed by atoms with E-state index in [4.69, 9.17) is 9.47 Å². The first-order valence-corrected chi connectivity index (χ1v) is 9.00. The van der Waals surface area contributed by atoms with E-state index in [0.29, 0.717) is 0 Å². The zero-order valence-corrected chi connectivity index (χ0v) is 16.9. The van der Waals surface area contributed by atoms with Crippen molar-refractivity contribution in [2.45, 2.75) is 46.3 Å². The van der Waals surface area contributed by atoms with Gasteiger partial charge in [-0.15, -0.1) is 11.3 Å². The summed E-state index contributed by atoms with van der Waals surface area (Å²) < 4.78 is 9.99. The molecule has 0 radical (unpaired) electrons. The van der Waals surface area contributed by atoms with Crippen molar-refractivity contribution in [3.05, 3.63) is 11.1 Å². The van der Waals surface area contributed by atoms with Gasteiger partial charge in [-0.3, -0.25) is 4.79 Å².